The fourth-order valence-corrected chi connectivity index (χ4v) is 2.18. The number of aromatic nitrogens is 4. The molecule has 2 aromatic rings. The largest absolute Gasteiger partial charge is 0.350 e. The smallest absolute Gasteiger partial charge is 0.242 e. The van der Waals surface area contributed by atoms with Gasteiger partial charge in [-0.05, 0) is 36.7 Å². The highest BCUT2D eigenvalue weighted by Crippen LogP contribution is 2.12. The molecular formula is C13H18BrN5O. The first-order valence-electron chi connectivity index (χ1n) is 6.48. The Labute approximate surface area is 126 Å². The van der Waals surface area contributed by atoms with Crippen molar-refractivity contribution >= 4 is 21.8 Å². The van der Waals surface area contributed by atoms with Crippen LogP contribution in [0.1, 0.15) is 23.9 Å². The first kappa shape index (κ1) is 14.8. The second kappa shape index (κ2) is 6.21. The summed E-state index contributed by atoms with van der Waals surface area (Å²) in [4.78, 5) is 11.9. The monoisotopic (exact) mass is 339 g/mol. The van der Waals surface area contributed by atoms with E-state index in [2.05, 4.69) is 31.4 Å². The van der Waals surface area contributed by atoms with Crippen molar-refractivity contribution in [2.75, 3.05) is 0 Å². The first-order valence-corrected chi connectivity index (χ1v) is 7.28. The van der Waals surface area contributed by atoms with Gasteiger partial charge in [-0.25, -0.2) is 0 Å². The van der Waals surface area contributed by atoms with E-state index < -0.39 is 0 Å². The van der Waals surface area contributed by atoms with E-state index in [1.54, 1.807) is 10.9 Å². The minimum Gasteiger partial charge on any atom is -0.350 e. The average molecular weight is 340 g/mol. The lowest BCUT2D eigenvalue weighted by Gasteiger charge is -2.04. The maximum atomic E-state index is 11.9. The molecule has 2 rings (SSSR count). The summed E-state index contributed by atoms with van der Waals surface area (Å²) in [7, 11) is 0. The summed E-state index contributed by atoms with van der Waals surface area (Å²) in [5, 5.41) is 11.5. The fraction of sp³-hybridized carbons (Fsp3) is 0.462. The molecule has 0 aliphatic carbocycles. The Hall–Kier alpha value is -1.63. The van der Waals surface area contributed by atoms with Gasteiger partial charge in [0, 0.05) is 31.0 Å². The number of nitrogens with zero attached hydrogens (tertiary/aromatic N) is 4. The van der Waals surface area contributed by atoms with E-state index in [1.165, 1.54) is 0 Å². The van der Waals surface area contributed by atoms with E-state index in [0.29, 0.717) is 6.54 Å². The van der Waals surface area contributed by atoms with Gasteiger partial charge in [-0.15, -0.1) is 0 Å². The lowest BCUT2D eigenvalue weighted by atomic mass is 10.2. The summed E-state index contributed by atoms with van der Waals surface area (Å²) in [5.41, 5.74) is 2.86. The molecule has 0 fully saturated rings. The summed E-state index contributed by atoms with van der Waals surface area (Å²) >= 11 is 3.38. The van der Waals surface area contributed by atoms with E-state index in [9.17, 15) is 4.79 Å². The van der Waals surface area contributed by atoms with E-state index in [0.717, 1.165) is 28.0 Å². The number of rotatable bonds is 5. The third-order valence-corrected chi connectivity index (χ3v) is 3.82. The van der Waals surface area contributed by atoms with Crippen molar-refractivity contribution in [1.29, 1.82) is 0 Å². The number of aryl methyl sites for hydroxylation is 3. The minimum absolute atomic E-state index is 0.0661. The van der Waals surface area contributed by atoms with Gasteiger partial charge < -0.3 is 5.32 Å². The van der Waals surface area contributed by atoms with Crippen LogP contribution in [0.5, 0.6) is 0 Å². The summed E-state index contributed by atoms with van der Waals surface area (Å²) in [6.07, 6.45) is 3.76. The molecule has 0 saturated carbocycles. The maximum absolute atomic E-state index is 11.9. The zero-order valence-electron chi connectivity index (χ0n) is 11.9. The molecular weight excluding hydrogens is 322 g/mol. The van der Waals surface area contributed by atoms with Crippen molar-refractivity contribution in [3.8, 4) is 0 Å². The molecule has 6 nitrogen and oxygen atoms in total. The Kier molecular flexibility index (Phi) is 4.59. The van der Waals surface area contributed by atoms with Gasteiger partial charge in [0.25, 0.3) is 0 Å². The third-order valence-electron chi connectivity index (χ3n) is 3.04. The van der Waals surface area contributed by atoms with Crippen LogP contribution in [0.2, 0.25) is 0 Å². The molecule has 0 aromatic carbocycles. The molecule has 7 heteroatoms. The highest BCUT2D eigenvalue weighted by molar-refractivity contribution is 9.10. The number of carbonyl (C=O) groups excluding carboxylic acids is 1. The number of amides is 1. The summed E-state index contributed by atoms with van der Waals surface area (Å²) in [6, 6.07) is 0. The van der Waals surface area contributed by atoms with Gasteiger partial charge in [-0.2, -0.15) is 10.2 Å². The average Bonchev–Trinajstić information content (AvgIpc) is 2.90. The second-order valence-corrected chi connectivity index (χ2v) is 5.49. The topological polar surface area (TPSA) is 64.7 Å². The van der Waals surface area contributed by atoms with E-state index in [4.69, 9.17) is 0 Å². The Morgan fingerprint density at radius 1 is 1.25 bits per heavy atom. The van der Waals surface area contributed by atoms with Gasteiger partial charge in [0.05, 0.1) is 15.9 Å². The molecule has 0 saturated heterocycles. The normalized spacial score (nSPS) is 10.8. The van der Waals surface area contributed by atoms with Crippen LogP contribution in [0.25, 0.3) is 0 Å². The third kappa shape index (κ3) is 3.47. The second-order valence-electron chi connectivity index (χ2n) is 4.63. The van der Waals surface area contributed by atoms with Crippen molar-refractivity contribution in [3.05, 3.63) is 33.8 Å². The van der Waals surface area contributed by atoms with Gasteiger partial charge in [0.1, 0.15) is 6.54 Å². The van der Waals surface area contributed by atoms with Crippen LogP contribution >= 0.6 is 15.9 Å². The Morgan fingerprint density at radius 2 is 1.95 bits per heavy atom. The molecule has 0 bridgehead atoms. The van der Waals surface area contributed by atoms with E-state index in [-0.39, 0.29) is 12.5 Å². The van der Waals surface area contributed by atoms with Crippen LogP contribution < -0.4 is 5.32 Å². The summed E-state index contributed by atoms with van der Waals surface area (Å²) in [6.45, 7) is 7.41. The van der Waals surface area contributed by atoms with E-state index in [1.807, 2.05) is 31.6 Å². The first-order chi connectivity index (χ1) is 9.49. The molecule has 108 valence electrons. The van der Waals surface area contributed by atoms with Crippen molar-refractivity contribution < 1.29 is 4.79 Å². The molecule has 0 spiro atoms. The number of halogens is 1. The van der Waals surface area contributed by atoms with Gasteiger partial charge in [0.2, 0.25) is 5.91 Å². The number of hydrogen-bond donors (Lipinski definition) is 1. The zero-order chi connectivity index (χ0) is 14.7. The minimum atomic E-state index is -0.0661. The molecule has 0 unspecified atom stereocenters. The van der Waals surface area contributed by atoms with Crippen LogP contribution in [-0.2, 0) is 24.4 Å². The zero-order valence-corrected chi connectivity index (χ0v) is 13.4. The molecule has 0 atom stereocenters. The number of hydrogen-bond acceptors (Lipinski definition) is 3. The Bertz CT molecular complexity index is 597. The van der Waals surface area contributed by atoms with Crippen molar-refractivity contribution in [1.82, 2.24) is 24.9 Å². The maximum Gasteiger partial charge on any atom is 0.242 e. The van der Waals surface area contributed by atoms with Gasteiger partial charge >= 0.3 is 0 Å². The van der Waals surface area contributed by atoms with Crippen LogP contribution in [-0.4, -0.2) is 25.5 Å². The Morgan fingerprint density at radius 3 is 2.50 bits per heavy atom. The molecule has 20 heavy (non-hydrogen) atoms. The van der Waals surface area contributed by atoms with Crippen molar-refractivity contribution in [3.63, 3.8) is 0 Å². The molecule has 0 aliphatic heterocycles. The standard InChI is InChI=1S/C13H18BrN5O/c1-4-18-6-11(9(2)16-18)5-15-13(20)8-19-7-12(14)10(3)17-19/h6-7H,4-5,8H2,1-3H3,(H,15,20). The number of carbonyl (C=O) groups is 1. The molecule has 2 aromatic heterocycles. The molecule has 1 N–H and O–H groups in total. The SMILES string of the molecule is CCn1cc(CNC(=O)Cn2cc(Br)c(C)n2)c(C)n1. The molecule has 2 heterocycles. The number of nitrogens with one attached hydrogen (secondary N) is 1. The van der Waals surface area contributed by atoms with Gasteiger partial charge in [-0.1, -0.05) is 0 Å². The predicted molar refractivity (Wildman–Crippen MR) is 79.1 cm³/mol. The van der Waals surface area contributed by atoms with Crippen LogP contribution in [0.3, 0.4) is 0 Å². The van der Waals surface area contributed by atoms with Crippen LogP contribution in [0.15, 0.2) is 16.9 Å². The van der Waals surface area contributed by atoms with Crippen molar-refractivity contribution in [2.24, 2.45) is 0 Å². The van der Waals surface area contributed by atoms with Crippen LogP contribution in [0.4, 0.5) is 0 Å². The molecule has 0 aliphatic rings. The lowest BCUT2D eigenvalue weighted by Crippen LogP contribution is -2.27. The van der Waals surface area contributed by atoms with Crippen LogP contribution in [0, 0.1) is 13.8 Å². The fourth-order valence-electron chi connectivity index (χ4n) is 1.87. The van der Waals surface area contributed by atoms with E-state index >= 15 is 0 Å². The molecule has 1 amide bonds. The lowest BCUT2D eigenvalue weighted by molar-refractivity contribution is -0.122. The predicted octanol–water partition coefficient (Wildman–Crippen LogP) is 1.80. The summed E-state index contributed by atoms with van der Waals surface area (Å²) in [5.74, 6) is -0.0661. The van der Waals surface area contributed by atoms with Crippen molar-refractivity contribution in [2.45, 2.75) is 40.4 Å². The van der Waals surface area contributed by atoms with Gasteiger partial charge in [-0.3, -0.25) is 14.2 Å². The van der Waals surface area contributed by atoms with Gasteiger partial charge in [0.15, 0.2) is 0 Å². The highest BCUT2D eigenvalue weighted by Gasteiger charge is 2.09. The molecule has 0 radical (unpaired) electrons. The highest BCUT2D eigenvalue weighted by atomic mass is 79.9. The summed E-state index contributed by atoms with van der Waals surface area (Å²) < 4.78 is 4.40. The Balaban J connectivity index is 1.90. The quantitative estimate of drug-likeness (QED) is 0.903.